The summed E-state index contributed by atoms with van der Waals surface area (Å²) in [5.41, 5.74) is 1.10. The molecule has 0 spiro atoms. The van der Waals surface area contributed by atoms with Crippen molar-refractivity contribution in [1.29, 1.82) is 0 Å². The average molecular weight is 398 g/mol. The molecule has 0 unspecified atom stereocenters. The number of rotatable bonds is 6. The van der Waals surface area contributed by atoms with E-state index < -0.39 is 0 Å². The van der Waals surface area contributed by atoms with E-state index in [4.69, 9.17) is 16.3 Å². The summed E-state index contributed by atoms with van der Waals surface area (Å²) in [5.74, 6) is 0.947. The Balaban J connectivity index is 1.79. The predicted octanol–water partition coefficient (Wildman–Crippen LogP) is 3.65. The molecule has 3 aromatic rings. The molecule has 2 aromatic carbocycles. The number of carbonyl (C=O) groups is 1. The van der Waals surface area contributed by atoms with Gasteiger partial charge in [-0.2, -0.15) is 0 Å². The zero-order valence-electron chi connectivity index (χ0n) is 15.6. The van der Waals surface area contributed by atoms with Crippen molar-refractivity contribution in [3.8, 4) is 5.75 Å². The van der Waals surface area contributed by atoms with Crippen LogP contribution in [0.2, 0.25) is 5.02 Å². The minimum absolute atomic E-state index is 0.181. The molecule has 3 rings (SSSR count). The SMILES string of the molecule is CCN(Cc1nc2cc(Cl)ccc2c(=O)[nH]1)C(=O)C=Cc1cccc(OC)c1. The maximum absolute atomic E-state index is 12.6. The first-order valence-corrected chi connectivity index (χ1v) is 9.17. The summed E-state index contributed by atoms with van der Waals surface area (Å²) in [4.78, 5) is 33.6. The van der Waals surface area contributed by atoms with E-state index in [0.29, 0.717) is 28.3 Å². The van der Waals surface area contributed by atoms with Crippen LogP contribution in [0.4, 0.5) is 0 Å². The first-order chi connectivity index (χ1) is 13.5. The van der Waals surface area contributed by atoms with Crippen molar-refractivity contribution in [2.45, 2.75) is 13.5 Å². The van der Waals surface area contributed by atoms with Gasteiger partial charge in [0.1, 0.15) is 11.6 Å². The van der Waals surface area contributed by atoms with Gasteiger partial charge in [-0.3, -0.25) is 9.59 Å². The van der Waals surface area contributed by atoms with Crippen LogP contribution in [0.3, 0.4) is 0 Å². The quantitative estimate of drug-likeness (QED) is 0.644. The highest BCUT2D eigenvalue weighted by atomic mass is 35.5. The number of H-pyrrole nitrogens is 1. The summed E-state index contributed by atoms with van der Waals surface area (Å²) in [6.07, 6.45) is 3.22. The summed E-state index contributed by atoms with van der Waals surface area (Å²) in [6, 6.07) is 12.3. The number of carbonyl (C=O) groups excluding carboxylic acids is 1. The summed E-state index contributed by atoms with van der Waals surface area (Å²) in [7, 11) is 1.59. The average Bonchev–Trinajstić information content (AvgIpc) is 2.70. The van der Waals surface area contributed by atoms with Gasteiger partial charge >= 0.3 is 0 Å². The smallest absolute Gasteiger partial charge is 0.258 e. The Hall–Kier alpha value is -3.12. The lowest BCUT2D eigenvalue weighted by Gasteiger charge is -2.18. The Bertz CT molecular complexity index is 1090. The number of ether oxygens (including phenoxy) is 1. The largest absolute Gasteiger partial charge is 0.497 e. The number of aromatic amines is 1. The van der Waals surface area contributed by atoms with Gasteiger partial charge in [0.25, 0.3) is 5.56 Å². The Morgan fingerprint density at radius 1 is 1.29 bits per heavy atom. The van der Waals surface area contributed by atoms with Gasteiger partial charge in [0.05, 0.1) is 24.6 Å². The molecule has 0 bridgehead atoms. The molecule has 0 aliphatic carbocycles. The standard InChI is InChI=1S/C21H20ClN3O3/c1-3-25(20(26)10-7-14-5-4-6-16(11-14)28-2)13-19-23-18-12-15(22)8-9-17(18)21(27)24-19/h4-12H,3,13H2,1-2H3,(H,23,24,27). The number of methoxy groups -OCH3 is 1. The van der Waals surface area contributed by atoms with Crippen LogP contribution in [0.1, 0.15) is 18.3 Å². The predicted molar refractivity (Wildman–Crippen MR) is 110 cm³/mol. The van der Waals surface area contributed by atoms with Crippen molar-refractivity contribution in [2.75, 3.05) is 13.7 Å². The summed E-state index contributed by atoms with van der Waals surface area (Å²) in [6.45, 7) is 2.53. The summed E-state index contributed by atoms with van der Waals surface area (Å²) < 4.78 is 5.18. The number of hydrogen-bond donors (Lipinski definition) is 1. The van der Waals surface area contributed by atoms with E-state index in [1.807, 2.05) is 31.2 Å². The third-order valence-electron chi connectivity index (χ3n) is 4.26. The van der Waals surface area contributed by atoms with Crippen LogP contribution in [0.15, 0.2) is 53.3 Å². The number of likely N-dealkylation sites (N-methyl/N-ethyl adjacent to an activating group) is 1. The molecule has 1 N–H and O–H groups in total. The van der Waals surface area contributed by atoms with E-state index in [1.54, 1.807) is 36.3 Å². The lowest BCUT2D eigenvalue weighted by Crippen LogP contribution is -2.30. The van der Waals surface area contributed by atoms with Crippen LogP contribution in [0.25, 0.3) is 17.0 Å². The highest BCUT2D eigenvalue weighted by Crippen LogP contribution is 2.16. The van der Waals surface area contributed by atoms with Gasteiger partial charge in [-0.25, -0.2) is 4.98 Å². The van der Waals surface area contributed by atoms with Crippen LogP contribution in [0, 0.1) is 0 Å². The van der Waals surface area contributed by atoms with Crippen LogP contribution in [-0.2, 0) is 11.3 Å². The van der Waals surface area contributed by atoms with Gasteiger partial charge in [-0.15, -0.1) is 0 Å². The van der Waals surface area contributed by atoms with Gasteiger partial charge in [0.2, 0.25) is 5.91 Å². The summed E-state index contributed by atoms with van der Waals surface area (Å²) in [5, 5.41) is 0.960. The Kier molecular flexibility index (Phi) is 6.11. The van der Waals surface area contributed by atoms with Gasteiger partial charge in [-0.1, -0.05) is 23.7 Å². The molecule has 0 fully saturated rings. The normalized spacial score (nSPS) is 11.1. The fourth-order valence-electron chi connectivity index (χ4n) is 2.78. The molecule has 0 aliphatic heterocycles. The number of halogens is 1. The molecule has 0 saturated carbocycles. The number of fused-ring (bicyclic) bond motifs is 1. The molecule has 1 aromatic heterocycles. The number of nitrogens with one attached hydrogen (secondary N) is 1. The van der Waals surface area contributed by atoms with E-state index in [1.165, 1.54) is 6.08 Å². The number of amides is 1. The third-order valence-corrected chi connectivity index (χ3v) is 4.50. The first-order valence-electron chi connectivity index (χ1n) is 8.79. The van der Waals surface area contributed by atoms with Crippen LogP contribution in [-0.4, -0.2) is 34.4 Å². The van der Waals surface area contributed by atoms with E-state index in [2.05, 4.69) is 9.97 Å². The Morgan fingerprint density at radius 3 is 2.86 bits per heavy atom. The fourth-order valence-corrected chi connectivity index (χ4v) is 2.95. The summed E-state index contributed by atoms with van der Waals surface area (Å²) >= 11 is 5.99. The molecule has 0 saturated heterocycles. The van der Waals surface area contributed by atoms with Crippen molar-refractivity contribution >= 4 is 34.5 Å². The van der Waals surface area contributed by atoms with Crippen molar-refractivity contribution in [3.63, 3.8) is 0 Å². The minimum Gasteiger partial charge on any atom is -0.497 e. The topological polar surface area (TPSA) is 75.3 Å². The molecule has 1 amide bonds. The molecule has 28 heavy (non-hydrogen) atoms. The van der Waals surface area contributed by atoms with Crippen molar-refractivity contribution in [2.24, 2.45) is 0 Å². The molecule has 0 aliphatic rings. The molecular formula is C21H20ClN3O3. The molecule has 6 nitrogen and oxygen atoms in total. The third kappa shape index (κ3) is 4.58. The second-order valence-corrected chi connectivity index (χ2v) is 6.57. The van der Waals surface area contributed by atoms with E-state index in [-0.39, 0.29) is 18.0 Å². The van der Waals surface area contributed by atoms with E-state index >= 15 is 0 Å². The Morgan fingerprint density at radius 2 is 2.11 bits per heavy atom. The van der Waals surface area contributed by atoms with E-state index in [0.717, 1.165) is 11.3 Å². The van der Waals surface area contributed by atoms with Gasteiger partial charge in [0.15, 0.2) is 0 Å². The van der Waals surface area contributed by atoms with Gasteiger partial charge < -0.3 is 14.6 Å². The Labute approximate surface area is 167 Å². The van der Waals surface area contributed by atoms with Crippen molar-refractivity contribution < 1.29 is 9.53 Å². The van der Waals surface area contributed by atoms with Crippen LogP contribution in [0.5, 0.6) is 5.75 Å². The van der Waals surface area contributed by atoms with E-state index in [9.17, 15) is 9.59 Å². The molecule has 144 valence electrons. The lowest BCUT2D eigenvalue weighted by molar-refractivity contribution is -0.126. The zero-order valence-corrected chi connectivity index (χ0v) is 16.4. The maximum Gasteiger partial charge on any atom is 0.258 e. The monoisotopic (exact) mass is 397 g/mol. The van der Waals surface area contributed by atoms with Gasteiger partial charge in [-0.05, 0) is 48.9 Å². The zero-order chi connectivity index (χ0) is 20.1. The van der Waals surface area contributed by atoms with Crippen LogP contribution < -0.4 is 10.3 Å². The molecular weight excluding hydrogens is 378 g/mol. The number of hydrogen-bond acceptors (Lipinski definition) is 4. The molecule has 0 radical (unpaired) electrons. The minimum atomic E-state index is -0.257. The lowest BCUT2D eigenvalue weighted by atomic mass is 10.2. The fraction of sp³-hybridized carbons (Fsp3) is 0.190. The second kappa shape index (κ2) is 8.71. The first kappa shape index (κ1) is 19.6. The molecule has 1 heterocycles. The maximum atomic E-state index is 12.6. The number of aromatic nitrogens is 2. The molecule has 7 heteroatoms. The van der Waals surface area contributed by atoms with Gasteiger partial charge in [0, 0.05) is 17.6 Å². The highest BCUT2D eigenvalue weighted by molar-refractivity contribution is 6.31. The second-order valence-electron chi connectivity index (χ2n) is 6.14. The number of nitrogens with zero attached hydrogens (tertiary/aromatic N) is 2. The van der Waals surface area contributed by atoms with Crippen molar-refractivity contribution in [3.05, 3.63) is 75.3 Å². The highest BCUT2D eigenvalue weighted by Gasteiger charge is 2.12. The molecule has 0 atom stereocenters. The van der Waals surface area contributed by atoms with Crippen molar-refractivity contribution in [1.82, 2.24) is 14.9 Å². The van der Waals surface area contributed by atoms with Crippen LogP contribution >= 0.6 is 11.6 Å². The number of benzene rings is 2.